The van der Waals surface area contributed by atoms with E-state index in [0.717, 1.165) is 0 Å². The molecule has 0 unspecified atom stereocenters. The van der Waals surface area contributed by atoms with Crippen molar-refractivity contribution in [2.24, 2.45) is 0 Å². The van der Waals surface area contributed by atoms with Gasteiger partial charge in [0.05, 0.1) is 17.6 Å². The van der Waals surface area contributed by atoms with Gasteiger partial charge in [0.2, 0.25) is 0 Å². The highest BCUT2D eigenvalue weighted by atomic mass is 28.3. The number of hydrogen-bond acceptors (Lipinski definition) is 0. The lowest BCUT2D eigenvalue weighted by molar-refractivity contribution is 1.62. The monoisotopic (exact) mass is 244 g/mol. The van der Waals surface area contributed by atoms with Crippen LogP contribution in [0.5, 0.6) is 0 Å². The van der Waals surface area contributed by atoms with Gasteiger partial charge in [-0.25, -0.2) is 0 Å². The van der Waals surface area contributed by atoms with Gasteiger partial charge in [-0.05, 0) is 17.2 Å². The van der Waals surface area contributed by atoms with E-state index < -0.39 is 0 Å². The third-order valence-electron chi connectivity index (χ3n) is 2.13. The Balaban J connectivity index is 2.79. The summed E-state index contributed by atoms with van der Waals surface area (Å²) in [6.07, 6.45) is 4.49. The first kappa shape index (κ1) is 13.2. The third kappa shape index (κ3) is 5.28. The van der Waals surface area contributed by atoms with Gasteiger partial charge >= 0.3 is 0 Å². The molecule has 1 aromatic carbocycles. The molecule has 1 aromatic rings. The van der Waals surface area contributed by atoms with Crippen LogP contribution in [0.4, 0.5) is 0 Å². The Hall–Kier alpha value is -0.866. The largest absolute Gasteiger partial charge is 0.0961 e. The maximum Gasteiger partial charge on any atom is 0.0693 e. The number of benzene rings is 1. The van der Waals surface area contributed by atoms with Crippen LogP contribution in [0, 0.1) is 0 Å². The molecule has 0 aliphatic rings. The quantitative estimate of drug-likeness (QED) is 0.693. The number of rotatable bonds is 4. The topological polar surface area (TPSA) is 0 Å². The Morgan fingerprint density at radius 1 is 0.812 bits per heavy atom. The van der Waals surface area contributed by atoms with Gasteiger partial charge in [0, 0.05) is 0 Å². The van der Waals surface area contributed by atoms with E-state index in [9.17, 15) is 0 Å². The molecule has 0 nitrogen and oxygen atoms in total. The van der Waals surface area contributed by atoms with Gasteiger partial charge in [0.25, 0.3) is 0 Å². The zero-order valence-corrected chi connectivity index (χ0v) is 12.6. The summed E-state index contributed by atoms with van der Waals surface area (Å²) in [6.45, 7) is 9.20. The zero-order valence-electron chi connectivity index (χ0n) is 10.6. The van der Waals surface area contributed by atoms with Crippen LogP contribution in [-0.4, -0.2) is 17.6 Å². The summed E-state index contributed by atoms with van der Waals surface area (Å²) in [5, 5.41) is 0. The van der Waals surface area contributed by atoms with Crippen LogP contribution in [0.2, 0.25) is 26.2 Å². The van der Waals surface area contributed by atoms with Crippen LogP contribution in [0.1, 0.15) is 11.1 Å². The van der Waals surface area contributed by atoms with E-state index in [0.29, 0.717) is 0 Å². The molecule has 0 heterocycles. The highest BCUT2D eigenvalue weighted by Gasteiger charge is 1.92. The van der Waals surface area contributed by atoms with E-state index in [-0.39, 0.29) is 17.6 Å². The van der Waals surface area contributed by atoms with Crippen LogP contribution in [-0.2, 0) is 0 Å². The van der Waals surface area contributed by atoms with E-state index in [2.05, 4.69) is 74.0 Å². The molecule has 0 aliphatic carbocycles. The lowest BCUT2D eigenvalue weighted by Gasteiger charge is -1.98. The molecule has 0 fully saturated rings. The van der Waals surface area contributed by atoms with Gasteiger partial charge in [-0.1, -0.05) is 67.9 Å². The van der Waals surface area contributed by atoms with Gasteiger partial charge in [-0.15, -0.1) is 0 Å². The van der Waals surface area contributed by atoms with Gasteiger partial charge in [0.1, 0.15) is 0 Å². The highest BCUT2D eigenvalue weighted by Crippen LogP contribution is 2.09. The molecule has 0 N–H and O–H groups in total. The average Bonchev–Trinajstić information content (AvgIpc) is 2.24. The molecule has 2 heteroatoms. The summed E-state index contributed by atoms with van der Waals surface area (Å²) < 4.78 is 0. The van der Waals surface area contributed by atoms with E-state index in [1.807, 2.05) is 0 Å². The molecule has 0 atom stereocenters. The Kier molecular flexibility index (Phi) is 5.49. The predicted molar refractivity (Wildman–Crippen MR) is 79.5 cm³/mol. The lowest BCUT2D eigenvalue weighted by Crippen LogP contribution is -1.92. The summed E-state index contributed by atoms with van der Waals surface area (Å²) in [5.74, 6) is 0. The Morgan fingerprint density at radius 3 is 1.62 bits per heavy atom. The van der Waals surface area contributed by atoms with E-state index >= 15 is 0 Å². The summed E-state index contributed by atoms with van der Waals surface area (Å²) in [6, 6.07) is 8.72. The molecule has 0 saturated carbocycles. The van der Waals surface area contributed by atoms with Crippen LogP contribution in [0.25, 0.3) is 12.2 Å². The zero-order chi connectivity index (χ0) is 12.0. The maximum absolute atomic E-state index is 2.34. The average molecular weight is 244 g/mol. The minimum atomic E-state index is -0.264. The Bertz CT molecular complexity index is 343. The fourth-order valence-corrected chi connectivity index (χ4v) is 2.34. The second-order valence-corrected chi connectivity index (χ2v) is 9.47. The van der Waals surface area contributed by atoms with Crippen LogP contribution >= 0.6 is 0 Å². The van der Waals surface area contributed by atoms with Crippen molar-refractivity contribution in [1.82, 2.24) is 0 Å². The van der Waals surface area contributed by atoms with Crippen molar-refractivity contribution < 1.29 is 0 Å². The van der Waals surface area contributed by atoms with E-state index in [1.165, 1.54) is 11.1 Å². The molecule has 16 heavy (non-hydrogen) atoms. The van der Waals surface area contributed by atoms with Crippen molar-refractivity contribution in [3.63, 3.8) is 0 Å². The second-order valence-electron chi connectivity index (χ2n) is 4.49. The lowest BCUT2D eigenvalue weighted by atomic mass is 10.1. The fraction of sp³-hybridized carbons (Fsp3) is 0.286. The molecule has 0 spiro atoms. The summed E-state index contributed by atoms with van der Waals surface area (Å²) >= 11 is 0. The van der Waals surface area contributed by atoms with Crippen molar-refractivity contribution in [3.05, 3.63) is 46.8 Å². The third-order valence-corrected chi connectivity index (χ3v) is 3.80. The van der Waals surface area contributed by atoms with Gasteiger partial charge in [-0.3, -0.25) is 0 Å². The van der Waals surface area contributed by atoms with Crippen molar-refractivity contribution in [3.8, 4) is 0 Å². The number of hydrogen-bond donors (Lipinski definition) is 0. The molecule has 84 valence electrons. The van der Waals surface area contributed by atoms with Crippen molar-refractivity contribution in [2.45, 2.75) is 26.2 Å². The smallest absolute Gasteiger partial charge is 0.0693 e. The molecule has 0 saturated heterocycles. The molecule has 0 amide bonds. The van der Waals surface area contributed by atoms with Crippen molar-refractivity contribution in [2.75, 3.05) is 0 Å². The molecule has 0 bridgehead atoms. The molecule has 0 aromatic heterocycles. The summed E-state index contributed by atoms with van der Waals surface area (Å²) in [7, 11) is -0.527. The van der Waals surface area contributed by atoms with Crippen LogP contribution in [0.3, 0.4) is 0 Å². The SMILES string of the molecule is C[Si](C)/C=C/c1cccc(/C=C/[Si](C)C)c1. The maximum atomic E-state index is 2.34. The molecular weight excluding hydrogens is 224 g/mol. The van der Waals surface area contributed by atoms with Crippen LogP contribution < -0.4 is 0 Å². The van der Waals surface area contributed by atoms with Crippen molar-refractivity contribution in [1.29, 1.82) is 0 Å². The summed E-state index contributed by atoms with van der Waals surface area (Å²) in [4.78, 5) is 0. The van der Waals surface area contributed by atoms with Gasteiger partial charge < -0.3 is 0 Å². The first-order chi connectivity index (χ1) is 7.58. The predicted octanol–water partition coefficient (Wildman–Crippen LogP) is 4.30. The first-order valence-electron chi connectivity index (χ1n) is 5.64. The fourth-order valence-electron chi connectivity index (χ4n) is 1.29. The normalized spacial score (nSPS) is 12.4. The highest BCUT2D eigenvalue weighted by molar-refractivity contribution is 6.62. The van der Waals surface area contributed by atoms with Gasteiger partial charge in [0.15, 0.2) is 0 Å². The van der Waals surface area contributed by atoms with E-state index in [4.69, 9.17) is 0 Å². The molecule has 2 radical (unpaired) electrons. The first-order valence-corrected chi connectivity index (χ1v) is 10.8. The molecular formula is C14H20Si2. The minimum absolute atomic E-state index is 0.264. The van der Waals surface area contributed by atoms with Gasteiger partial charge in [-0.2, -0.15) is 0 Å². The molecule has 0 aliphatic heterocycles. The Morgan fingerprint density at radius 2 is 1.25 bits per heavy atom. The van der Waals surface area contributed by atoms with Crippen molar-refractivity contribution >= 4 is 29.7 Å². The standard InChI is InChI=1S/C14H20Si2/c1-15(2)10-8-13-6-5-7-14(12-13)9-11-16(3)4/h5-12H,1-4H3/b10-8+,11-9+. The molecule has 1 rings (SSSR count). The van der Waals surface area contributed by atoms with Crippen LogP contribution in [0.15, 0.2) is 35.7 Å². The second kappa shape index (κ2) is 6.66. The minimum Gasteiger partial charge on any atom is -0.0961 e. The Labute approximate surface area is 103 Å². The van der Waals surface area contributed by atoms with E-state index in [1.54, 1.807) is 0 Å². The summed E-state index contributed by atoms with van der Waals surface area (Å²) in [5.41, 5.74) is 7.30.